The molecule has 1 aromatic heterocycles. The molecule has 5 unspecified atom stereocenters. The highest BCUT2D eigenvalue weighted by Gasteiger charge is 2.43. The minimum atomic E-state index is -5.73. The summed E-state index contributed by atoms with van der Waals surface area (Å²) in [6, 6.07) is 0. The number of hydrogen-bond donors (Lipinski definition) is 8. The fraction of sp³-hybridized carbons (Fsp3) is 0.571. The Balaban J connectivity index is 2.06. The second-order valence-electron chi connectivity index (χ2n) is 7.34. The van der Waals surface area contributed by atoms with Crippen molar-refractivity contribution < 1.29 is 70.6 Å². The van der Waals surface area contributed by atoms with E-state index in [1.807, 2.05) is 0 Å². The van der Waals surface area contributed by atoms with Gasteiger partial charge in [-0.1, -0.05) is 11.8 Å². The molecule has 19 nitrogen and oxygen atoms in total. The molecule has 1 saturated heterocycles. The van der Waals surface area contributed by atoms with E-state index in [1.54, 1.807) is 0 Å². The molecule has 0 amide bonds. The summed E-state index contributed by atoms with van der Waals surface area (Å²) in [6.45, 7) is -0.940. The normalized spacial score (nSPS) is 23.6. The number of ether oxygens (including phenoxy) is 1. The van der Waals surface area contributed by atoms with Gasteiger partial charge in [0, 0.05) is 19.0 Å². The number of hydrogen-bond acceptors (Lipinski definition) is 12. The van der Waals surface area contributed by atoms with Crippen LogP contribution in [0.25, 0.3) is 0 Å². The molecule has 0 radical (unpaired) electrons. The lowest BCUT2D eigenvalue weighted by molar-refractivity contribution is -0.0449. The van der Waals surface area contributed by atoms with Crippen molar-refractivity contribution in [1.82, 2.24) is 9.55 Å². The number of nitrogens with zero attached hydrogens (tertiary/aromatic N) is 2. The van der Waals surface area contributed by atoms with Crippen LogP contribution in [0.3, 0.4) is 0 Å². The third kappa shape index (κ3) is 11.2. The molecule has 210 valence electrons. The van der Waals surface area contributed by atoms with E-state index in [1.165, 1.54) is 0 Å². The predicted molar refractivity (Wildman–Crippen MR) is 120 cm³/mol. The van der Waals surface area contributed by atoms with E-state index in [0.717, 1.165) is 10.8 Å². The molecule has 1 aromatic rings. The van der Waals surface area contributed by atoms with Crippen LogP contribution in [-0.2, 0) is 36.1 Å². The number of unbranched alkanes of at least 4 members (excludes halogenated alkanes) is 1. The maximum atomic E-state index is 12.3. The Morgan fingerprint density at radius 1 is 1.11 bits per heavy atom. The Hall–Kier alpha value is -1.28. The molecule has 1 aliphatic heterocycles. The number of aliphatic hydroxyl groups excluding tert-OH is 1. The van der Waals surface area contributed by atoms with Crippen LogP contribution in [0.4, 0.5) is 5.82 Å². The first-order valence-corrected chi connectivity index (χ1v) is 16.1. The fourth-order valence-corrected chi connectivity index (χ4v) is 6.42. The first kappa shape index (κ1) is 31.9. The second-order valence-corrected chi connectivity index (χ2v) is 13.5. The Morgan fingerprint density at radius 3 is 2.35 bits per heavy atom. The summed E-state index contributed by atoms with van der Waals surface area (Å²) in [4.78, 5) is 69.2. The van der Waals surface area contributed by atoms with Crippen molar-refractivity contribution in [2.45, 2.75) is 37.7 Å². The average molecular weight is 613 g/mol. The smallest absolute Gasteiger partial charge is 0.390 e. The minimum absolute atomic E-state index is 0.0607. The molecule has 1 fully saturated rings. The van der Waals surface area contributed by atoms with E-state index in [2.05, 4.69) is 30.0 Å². The maximum Gasteiger partial charge on any atom is 0.490 e. The van der Waals surface area contributed by atoms with Crippen molar-refractivity contribution in [2.75, 3.05) is 18.5 Å². The number of anilines is 1. The lowest BCUT2D eigenvalue weighted by Crippen LogP contribution is -2.29. The van der Waals surface area contributed by atoms with Gasteiger partial charge in [-0.05, 0) is 6.42 Å². The summed E-state index contributed by atoms with van der Waals surface area (Å²) in [5.74, 6) is 4.98. The average Bonchev–Trinajstić information content (AvgIpc) is 3.04. The first-order valence-electron chi connectivity index (χ1n) is 9.81. The Morgan fingerprint density at radius 2 is 1.76 bits per heavy atom. The van der Waals surface area contributed by atoms with Crippen LogP contribution in [0, 0.1) is 11.8 Å². The van der Waals surface area contributed by atoms with Crippen molar-refractivity contribution in [3.05, 3.63) is 22.2 Å². The van der Waals surface area contributed by atoms with E-state index in [4.69, 9.17) is 34.9 Å². The number of phosphoric acid groups is 3. The Labute approximate surface area is 207 Å². The summed E-state index contributed by atoms with van der Waals surface area (Å²) in [6.07, 6.45) is -3.26. The molecule has 0 aromatic carbocycles. The van der Waals surface area contributed by atoms with E-state index in [9.17, 15) is 33.1 Å². The molecule has 2 heterocycles. The summed E-state index contributed by atoms with van der Waals surface area (Å²) in [5, 5.41) is 10.2. The van der Waals surface area contributed by atoms with Crippen LogP contribution >= 0.6 is 31.1 Å². The Bertz CT molecular complexity index is 1290. The Kier molecular flexibility index (Phi) is 10.6. The van der Waals surface area contributed by atoms with Crippen LogP contribution in [0.1, 0.15) is 31.1 Å². The molecular weight excluding hydrogens is 590 g/mol. The van der Waals surface area contributed by atoms with Crippen molar-refractivity contribution in [3.8, 4) is 11.8 Å². The molecule has 0 spiro atoms. The predicted octanol–water partition coefficient (Wildman–Crippen LogP) is -0.873. The van der Waals surface area contributed by atoms with Crippen LogP contribution in [0.15, 0.2) is 11.0 Å². The van der Waals surface area contributed by atoms with Crippen LogP contribution in [0.5, 0.6) is 0 Å². The van der Waals surface area contributed by atoms with Crippen LogP contribution in [-0.4, -0.2) is 69.0 Å². The van der Waals surface area contributed by atoms with Gasteiger partial charge in [0.25, 0.3) is 0 Å². The molecule has 37 heavy (non-hydrogen) atoms. The number of nitrogen functional groups attached to an aromatic ring is 1. The molecule has 9 N–H and O–H groups in total. The zero-order valence-electron chi connectivity index (χ0n) is 18.4. The molecule has 0 aliphatic carbocycles. The van der Waals surface area contributed by atoms with Gasteiger partial charge in [-0.15, -0.1) is 0 Å². The number of rotatable bonds is 11. The lowest BCUT2D eigenvalue weighted by Gasteiger charge is -2.19. The summed E-state index contributed by atoms with van der Waals surface area (Å²) < 4.78 is 62.6. The van der Waals surface area contributed by atoms with E-state index in [0.29, 0.717) is 0 Å². The van der Waals surface area contributed by atoms with Gasteiger partial charge in [-0.25, -0.2) is 18.5 Å². The van der Waals surface area contributed by atoms with Crippen molar-refractivity contribution >= 4 is 36.9 Å². The number of nitrogens with two attached hydrogens (primary N) is 1. The second kappa shape index (κ2) is 12.3. The zero-order valence-corrected chi connectivity index (χ0v) is 22.0. The van der Waals surface area contributed by atoms with Gasteiger partial charge in [-0.2, -0.15) is 13.6 Å². The van der Waals surface area contributed by atoms with Gasteiger partial charge in [0.1, 0.15) is 18.1 Å². The molecular formula is C14H23N3O16P4. The van der Waals surface area contributed by atoms with Gasteiger partial charge >= 0.3 is 36.8 Å². The number of aromatic nitrogens is 2. The maximum absolute atomic E-state index is 12.3. The summed E-state index contributed by atoms with van der Waals surface area (Å²) in [7, 11) is -20.9. The SMILES string of the molecule is Nc1nc(=O)n(C2CC(O)C(COP(=O)(O)OP(=O)(O)OP(=O)(O)O)O2)cc1C#CCCCP(=O)(O)O. The largest absolute Gasteiger partial charge is 0.490 e. The highest BCUT2D eigenvalue weighted by molar-refractivity contribution is 7.66. The van der Waals surface area contributed by atoms with E-state index >= 15 is 0 Å². The monoisotopic (exact) mass is 613 g/mol. The summed E-state index contributed by atoms with van der Waals surface area (Å²) in [5.41, 5.74) is 4.83. The molecule has 5 atom stereocenters. The third-order valence-corrected chi connectivity index (χ3v) is 8.99. The molecule has 2 rings (SSSR count). The fourth-order valence-electron chi connectivity index (χ4n) is 2.82. The molecule has 0 bridgehead atoms. The van der Waals surface area contributed by atoms with Gasteiger partial charge in [-0.3, -0.25) is 13.7 Å². The topological polar surface area (TPSA) is 308 Å². The van der Waals surface area contributed by atoms with Crippen molar-refractivity contribution in [2.24, 2.45) is 0 Å². The van der Waals surface area contributed by atoms with Crippen LogP contribution in [0.2, 0.25) is 0 Å². The van der Waals surface area contributed by atoms with Crippen LogP contribution < -0.4 is 11.4 Å². The van der Waals surface area contributed by atoms with Gasteiger partial charge in [0.15, 0.2) is 0 Å². The lowest BCUT2D eigenvalue weighted by atomic mass is 10.2. The van der Waals surface area contributed by atoms with E-state index < -0.39 is 61.8 Å². The van der Waals surface area contributed by atoms with Gasteiger partial charge in [0.05, 0.1) is 24.4 Å². The molecule has 23 heteroatoms. The molecule has 0 saturated carbocycles. The third-order valence-electron chi connectivity index (χ3n) is 4.29. The number of aliphatic hydroxyl groups is 1. The standard InChI is InChI=1S/C14H23N3O16P4/c15-13-9(4-2-1-3-5-34(20,21)22)7-17(14(19)16-13)12-6-10(18)11(31-12)8-30-36(26,27)33-37(28,29)32-35(23,24)25/h7,10-12,18H,1,3,5-6,8H2,(H,26,27)(H,28,29)(H2,15,16,19)(H2,20,21,22)(H2,23,24,25). The number of phosphoric ester groups is 1. The van der Waals surface area contributed by atoms with Gasteiger partial charge < -0.3 is 44.9 Å². The quantitative estimate of drug-likeness (QED) is 0.0854. The summed E-state index contributed by atoms with van der Waals surface area (Å²) >= 11 is 0. The molecule has 1 aliphatic rings. The van der Waals surface area contributed by atoms with Gasteiger partial charge in [0.2, 0.25) is 0 Å². The van der Waals surface area contributed by atoms with E-state index in [-0.39, 0.29) is 36.8 Å². The minimum Gasteiger partial charge on any atom is -0.390 e. The highest BCUT2D eigenvalue weighted by atomic mass is 31.3. The van der Waals surface area contributed by atoms with Crippen molar-refractivity contribution in [1.29, 1.82) is 0 Å². The highest BCUT2D eigenvalue weighted by Crippen LogP contribution is 2.66. The first-order chi connectivity index (χ1) is 16.8. The van der Waals surface area contributed by atoms with Crippen molar-refractivity contribution in [3.63, 3.8) is 0 Å². The zero-order chi connectivity index (χ0) is 28.2.